The molecular weight excluding hydrogens is 184 g/mol. The quantitative estimate of drug-likeness (QED) is 0.651. The van der Waals surface area contributed by atoms with Crippen LogP contribution in [0.4, 0.5) is 4.79 Å². The van der Waals surface area contributed by atoms with Gasteiger partial charge in [-0.1, -0.05) is 6.92 Å². The Morgan fingerprint density at radius 3 is 2.43 bits per heavy atom. The van der Waals surface area contributed by atoms with Gasteiger partial charge in [0.2, 0.25) is 0 Å². The fraction of sp³-hybridized carbons (Fsp3) is 0.667. The molecule has 5 nitrogen and oxygen atoms in total. The van der Waals surface area contributed by atoms with Crippen molar-refractivity contribution in [1.82, 2.24) is 0 Å². The summed E-state index contributed by atoms with van der Waals surface area (Å²) < 4.78 is 4.81. The van der Waals surface area contributed by atoms with Crippen LogP contribution >= 0.6 is 0 Å². The number of ketones is 1. The van der Waals surface area contributed by atoms with Crippen LogP contribution in [0, 0.1) is 11.3 Å². The number of primary amides is 1. The second-order valence-corrected chi connectivity index (χ2v) is 3.83. The van der Waals surface area contributed by atoms with Crippen molar-refractivity contribution in [3.8, 4) is 0 Å². The second kappa shape index (κ2) is 4.74. The van der Waals surface area contributed by atoms with Crippen molar-refractivity contribution < 1.29 is 14.3 Å². The Balaban J connectivity index is 4.27. The third-order valence-electron chi connectivity index (χ3n) is 1.80. The number of hydrogen-bond donors (Lipinski definition) is 2. The van der Waals surface area contributed by atoms with Crippen LogP contribution in [-0.2, 0) is 9.53 Å². The fourth-order valence-electron chi connectivity index (χ4n) is 1.29. The first kappa shape index (κ1) is 12.6. The lowest BCUT2D eigenvalue weighted by Crippen LogP contribution is -2.34. The number of ether oxygens (including phenoxy) is 1. The summed E-state index contributed by atoms with van der Waals surface area (Å²) in [5, 5.41) is 6.78. The lowest BCUT2D eigenvalue weighted by Gasteiger charge is -2.26. The highest BCUT2D eigenvalue weighted by atomic mass is 16.6. The van der Waals surface area contributed by atoms with Crippen molar-refractivity contribution in [3.05, 3.63) is 0 Å². The molecule has 0 fully saturated rings. The lowest BCUT2D eigenvalue weighted by atomic mass is 9.92. The molecule has 1 amide bonds. The van der Waals surface area contributed by atoms with Gasteiger partial charge in [-0.05, 0) is 20.3 Å². The molecule has 0 aliphatic heterocycles. The standard InChI is InChI=1S/C9H16N2O3/c1-6(7(12)5-10)4-9(2,3)14-8(11)13/h5-6,10H,4H2,1-3H3,(H2,11,13). The zero-order valence-electron chi connectivity index (χ0n) is 8.66. The van der Waals surface area contributed by atoms with Gasteiger partial charge in [0.25, 0.3) is 0 Å². The normalized spacial score (nSPS) is 13.1. The summed E-state index contributed by atoms with van der Waals surface area (Å²) in [5.41, 5.74) is 4.10. The fourth-order valence-corrected chi connectivity index (χ4v) is 1.29. The largest absolute Gasteiger partial charge is 0.444 e. The third-order valence-corrected chi connectivity index (χ3v) is 1.80. The van der Waals surface area contributed by atoms with Crippen molar-refractivity contribution >= 4 is 18.1 Å². The molecule has 80 valence electrons. The molecule has 0 radical (unpaired) electrons. The van der Waals surface area contributed by atoms with Gasteiger partial charge < -0.3 is 15.9 Å². The Bertz CT molecular complexity index is 248. The average molecular weight is 200 g/mol. The molecule has 0 saturated heterocycles. The summed E-state index contributed by atoms with van der Waals surface area (Å²) in [7, 11) is 0. The average Bonchev–Trinajstić information content (AvgIpc) is 1.99. The van der Waals surface area contributed by atoms with E-state index in [-0.39, 0.29) is 11.7 Å². The van der Waals surface area contributed by atoms with E-state index in [2.05, 4.69) is 0 Å². The Kier molecular flexibility index (Phi) is 4.27. The maximum absolute atomic E-state index is 11.1. The summed E-state index contributed by atoms with van der Waals surface area (Å²) in [5.74, 6) is -0.631. The molecule has 0 aliphatic rings. The zero-order valence-corrected chi connectivity index (χ0v) is 8.66. The smallest absolute Gasteiger partial charge is 0.405 e. The van der Waals surface area contributed by atoms with Crippen LogP contribution in [0.15, 0.2) is 0 Å². The molecule has 1 unspecified atom stereocenters. The van der Waals surface area contributed by atoms with Gasteiger partial charge in [0.05, 0.1) is 6.21 Å². The van der Waals surface area contributed by atoms with E-state index in [1.54, 1.807) is 20.8 Å². The van der Waals surface area contributed by atoms with Gasteiger partial charge in [-0.2, -0.15) is 0 Å². The van der Waals surface area contributed by atoms with Crippen LogP contribution in [0.1, 0.15) is 27.2 Å². The molecule has 1 atom stereocenters. The number of amides is 1. The molecule has 0 rings (SSSR count). The summed E-state index contributed by atoms with van der Waals surface area (Å²) in [6, 6.07) is 0. The van der Waals surface area contributed by atoms with E-state index in [1.165, 1.54) is 0 Å². The summed E-state index contributed by atoms with van der Waals surface area (Å²) in [6.07, 6.45) is 0.263. The van der Waals surface area contributed by atoms with Gasteiger partial charge in [0, 0.05) is 5.92 Å². The molecule has 0 spiro atoms. The van der Waals surface area contributed by atoms with E-state index >= 15 is 0 Å². The highest BCUT2D eigenvalue weighted by Crippen LogP contribution is 2.20. The molecule has 5 heteroatoms. The zero-order chi connectivity index (χ0) is 11.4. The van der Waals surface area contributed by atoms with E-state index in [9.17, 15) is 9.59 Å². The van der Waals surface area contributed by atoms with Crippen LogP contribution in [0.3, 0.4) is 0 Å². The number of hydrogen-bond acceptors (Lipinski definition) is 4. The Morgan fingerprint density at radius 2 is 2.07 bits per heavy atom. The van der Waals surface area contributed by atoms with E-state index in [0.29, 0.717) is 6.42 Å². The lowest BCUT2D eigenvalue weighted by molar-refractivity contribution is -0.117. The van der Waals surface area contributed by atoms with Crippen molar-refractivity contribution in [3.63, 3.8) is 0 Å². The van der Waals surface area contributed by atoms with Gasteiger partial charge in [-0.15, -0.1) is 0 Å². The first-order valence-electron chi connectivity index (χ1n) is 4.31. The molecule has 0 bridgehead atoms. The number of carbonyl (C=O) groups is 2. The highest BCUT2D eigenvalue weighted by Gasteiger charge is 2.26. The van der Waals surface area contributed by atoms with Crippen molar-refractivity contribution in [2.75, 3.05) is 0 Å². The first-order chi connectivity index (χ1) is 6.28. The molecule has 0 aromatic heterocycles. The van der Waals surface area contributed by atoms with Gasteiger partial charge in [0.1, 0.15) is 5.60 Å². The summed E-state index contributed by atoms with van der Waals surface area (Å²) in [6.45, 7) is 5.02. The van der Waals surface area contributed by atoms with E-state index < -0.39 is 11.7 Å². The molecule has 0 heterocycles. The number of nitrogens with one attached hydrogen (secondary N) is 1. The van der Waals surface area contributed by atoms with Gasteiger partial charge >= 0.3 is 6.09 Å². The van der Waals surface area contributed by atoms with Crippen molar-refractivity contribution in [2.45, 2.75) is 32.8 Å². The van der Waals surface area contributed by atoms with E-state index in [4.69, 9.17) is 15.9 Å². The number of nitrogens with two attached hydrogens (primary N) is 1. The summed E-state index contributed by atoms with van der Waals surface area (Å²) in [4.78, 5) is 21.6. The van der Waals surface area contributed by atoms with Gasteiger partial charge in [0.15, 0.2) is 5.78 Å². The van der Waals surface area contributed by atoms with Crippen LogP contribution in [0.5, 0.6) is 0 Å². The van der Waals surface area contributed by atoms with Crippen molar-refractivity contribution in [2.24, 2.45) is 11.7 Å². The molecule has 0 aromatic carbocycles. The van der Waals surface area contributed by atoms with Gasteiger partial charge in [-0.3, -0.25) is 4.79 Å². The molecule has 14 heavy (non-hydrogen) atoms. The van der Waals surface area contributed by atoms with Crippen LogP contribution in [0.2, 0.25) is 0 Å². The predicted molar refractivity (Wildman–Crippen MR) is 52.3 cm³/mol. The molecule has 0 aliphatic carbocycles. The topological polar surface area (TPSA) is 93.2 Å². The summed E-state index contributed by atoms with van der Waals surface area (Å²) >= 11 is 0. The third kappa shape index (κ3) is 4.59. The monoisotopic (exact) mass is 200 g/mol. The number of Topliss-reactive ketones (excluding diaryl/α,β-unsaturated/α-hetero) is 1. The van der Waals surface area contributed by atoms with Crippen LogP contribution in [-0.4, -0.2) is 23.7 Å². The Hall–Kier alpha value is -1.39. The molecular formula is C9H16N2O3. The maximum Gasteiger partial charge on any atom is 0.405 e. The van der Waals surface area contributed by atoms with E-state index in [0.717, 1.165) is 6.21 Å². The van der Waals surface area contributed by atoms with Gasteiger partial charge in [-0.25, -0.2) is 4.79 Å². The minimum atomic E-state index is -0.857. The minimum absolute atomic E-state index is 0.286. The number of rotatable bonds is 5. The molecule has 3 N–H and O–H groups in total. The Morgan fingerprint density at radius 1 is 1.57 bits per heavy atom. The predicted octanol–water partition coefficient (Wildman–Crippen LogP) is 1.11. The molecule has 0 aromatic rings. The highest BCUT2D eigenvalue weighted by molar-refractivity contribution is 6.27. The first-order valence-corrected chi connectivity index (χ1v) is 4.31. The maximum atomic E-state index is 11.1. The number of carbonyl (C=O) groups excluding carboxylic acids is 2. The Labute approximate surface area is 83.1 Å². The SMILES string of the molecule is CC(CC(C)(C)OC(N)=O)C(=O)C=N. The minimum Gasteiger partial charge on any atom is -0.444 e. The molecule has 0 saturated carbocycles. The van der Waals surface area contributed by atoms with Crippen LogP contribution in [0.25, 0.3) is 0 Å². The second-order valence-electron chi connectivity index (χ2n) is 3.83. The van der Waals surface area contributed by atoms with E-state index in [1.807, 2.05) is 0 Å². The van der Waals surface area contributed by atoms with Crippen LogP contribution < -0.4 is 5.73 Å². The van der Waals surface area contributed by atoms with Crippen molar-refractivity contribution in [1.29, 1.82) is 5.41 Å².